The number of rotatable bonds is 6. The van der Waals surface area contributed by atoms with Gasteiger partial charge in [0, 0.05) is 43.2 Å². The van der Waals surface area contributed by atoms with E-state index in [0.717, 1.165) is 22.8 Å². The van der Waals surface area contributed by atoms with Gasteiger partial charge in [-0.25, -0.2) is 0 Å². The van der Waals surface area contributed by atoms with Crippen LogP contribution in [0.15, 0.2) is 42.6 Å². The summed E-state index contributed by atoms with van der Waals surface area (Å²) in [6.45, 7) is 4.17. The standard InChI is InChI=1S/C20H21N5O2S/c1-13-7-8-15(12-17(13)22-19(26)18-14(2)23-24-28-18)20(27)25(3)11-9-16-6-4-5-10-21-16/h4-8,10,12H,9,11H2,1-3H3,(H,22,26). The van der Waals surface area contributed by atoms with E-state index in [9.17, 15) is 9.59 Å². The number of benzene rings is 1. The fourth-order valence-electron chi connectivity index (χ4n) is 2.66. The molecule has 0 bridgehead atoms. The van der Waals surface area contributed by atoms with Crippen molar-refractivity contribution in [1.29, 1.82) is 0 Å². The first kappa shape index (κ1) is 19.6. The van der Waals surface area contributed by atoms with Crippen molar-refractivity contribution in [3.05, 3.63) is 70.0 Å². The first-order valence-corrected chi connectivity index (χ1v) is 9.59. The minimum absolute atomic E-state index is 0.109. The van der Waals surface area contributed by atoms with Gasteiger partial charge in [0.15, 0.2) is 0 Å². The summed E-state index contributed by atoms with van der Waals surface area (Å²) in [5.74, 6) is -0.384. The molecule has 0 aliphatic heterocycles. The van der Waals surface area contributed by atoms with Crippen LogP contribution < -0.4 is 5.32 Å². The van der Waals surface area contributed by atoms with Gasteiger partial charge in [-0.05, 0) is 55.2 Å². The third-order valence-corrected chi connectivity index (χ3v) is 5.19. The van der Waals surface area contributed by atoms with Crippen molar-refractivity contribution in [2.75, 3.05) is 18.9 Å². The summed E-state index contributed by atoms with van der Waals surface area (Å²) in [7, 11) is 1.76. The van der Waals surface area contributed by atoms with Gasteiger partial charge in [-0.15, -0.1) is 5.10 Å². The van der Waals surface area contributed by atoms with Crippen molar-refractivity contribution < 1.29 is 9.59 Å². The van der Waals surface area contributed by atoms with E-state index >= 15 is 0 Å². The molecule has 2 aromatic heterocycles. The molecule has 3 rings (SSSR count). The van der Waals surface area contributed by atoms with Crippen LogP contribution in [-0.2, 0) is 6.42 Å². The maximum absolute atomic E-state index is 12.8. The number of nitrogens with one attached hydrogen (secondary N) is 1. The predicted molar refractivity (Wildman–Crippen MR) is 109 cm³/mol. The molecule has 0 radical (unpaired) electrons. The third kappa shape index (κ3) is 4.58. The molecule has 1 aromatic carbocycles. The van der Waals surface area contributed by atoms with Crippen LogP contribution in [0.2, 0.25) is 0 Å². The molecule has 8 heteroatoms. The van der Waals surface area contributed by atoms with E-state index in [2.05, 4.69) is 19.9 Å². The first-order chi connectivity index (χ1) is 13.5. The Morgan fingerprint density at radius 1 is 1.18 bits per heavy atom. The van der Waals surface area contributed by atoms with Gasteiger partial charge < -0.3 is 10.2 Å². The zero-order valence-corrected chi connectivity index (χ0v) is 16.8. The molecule has 3 aromatic rings. The molecule has 0 spiro atoms. The maximum atomic E-state index is 12.8. The van der Waals surface area contributed by atoms with E-state index < -0.39 is 0 Å². The normalized spacial score (nSPS) is 10.5. The second-order valence-corrected chi connectivity index (χ2v) is 7.22. The molecule has 28 heavy (non-hydrogen) atoms. The van der Waals surface area contributed by atoms with E-state index in [4.69, 9.17) is 0 Å². The molecule has 0 aliphatic rings. The highest BCUT2D eigenvalue weighted by Gasteiger charge is 2.17. The topological polar surface area (TPSA) is 88.1 Å². The highest BCUT2D eigenvalue weighted by atomic mass is 32.1. The zero-order chi connectivity index (χ0) is 20.1. The summed E-state index contributed by atoms with van der Waals surface area (Å²) < 4.78 is 3.79. The Hall–Kier alpha value is -3.13. The molecule has 0 saturated carbocycles. The highest BCUT2D eigenvalue weighted by molar-refractivity contribution is 7.08. The van der Waals surface area contributed by atoms with Crippen molar-refractivity contribution >= 4 is 29.0 Å². The number of aromatic nitrogens is 3. The minimum Gasteiger partial charge on any atom is -0.341 e. The molecule has 2 amide bonds. The average molecular weight is 395 g/mol. The average Bonchev–Trinajstić information content (AvgIpc) is 3.14. The first-order valence-electron chi connectivity index (χ1n) is 8.82. The molecule has 0 aliphatic carbocycles. The van der Waals surface area contributed by atoms with Gasteiger partial charge in [0.2, 0.25) is 0 Å². The molecule has 144 valence electrons. The van der Waals surface area contributed by atoms with E-state index in [0.29, 0.717) is 34.8 Å². The SMILES string of the molecule is Cc1ccc(C(=O)N(C)CCc2ccccn2)cc1NC(=O)c1snnc1C. The molecule has 0 atom stereocenters. The predicted octanol–water partition coefficient (Wildman–Crippen LogP) is 3.12. The van der Waals surface area contributed by atoms with Crippen LogP contribution in [0.3, 0.4) is 0 Å². The zero-order valence-electron chi connectivity index (χ0n) is 16.0. The van der Waals surface area contributed by atoms with Crippen LogP contribution in [0, 0.1) is 13.8 Å². The lowest BCUT2D eigenvalue weighted by molar-refractivity contribution is 0.0796. The van der Waals surface area contributed by atoms with E-state index in [1.54, 1.807) is 37.2 Å². The minimum atomic E-state index is -0.274. The summed E-state index contributed by atoms with van der Waals surface area (Å²) in [6, 6.07) is 11.0. The van der Waals surface area contributed by atoms with Gasteiger partial charge in [-0.3, -0.25) is 14.6 Å². The van der Waals surface area contributed by atoms with E-state index in [-0.39, 0.29) is 11.8 Å². The molecule has 1 N–H and O–H groups in total. The molecular weight excluding hydrogens is 374 g/mol. The van der Waals surface area contributed by atoms with Crippen molar-refractivity contribution in [2.24, 2.45) is 0 Å². The Labute approximate surface area is 167 Å². The number of nitrogens with zero attached hydrogens (tertiary/aromatic N) is 4. The Balaban J connectivity index is 1.70. The second-order valence-electron chi connectivity index (χ2n) is 6.47. The van der Waals surface area contributed by atoms with Gasteiger partial charge in [-0.2, -0.15) is 0 Å². The second kappa shape index (κ2) is 8.71. The van der Waals surface area contributed by atoms with Crippen LogP contribution in [0.4, 0.5) is 5.69 Å². The number of amides is 2. The number of likely N-dealkylation sites (N-methyl/N-ethyl adjacent to an activating group) is 1. The molecule has 0 saturated heterocycles. The van der Waals surface area contributed by atoms with Crippen molar-refractivity contribution in [1.82, 2.24) is 19.5 Å². The van der Waals surface area contributed by atoms with E-state index in [1.807, 2.05) is 31.2 Å². The molecule has 0 unspecified atom stereocenters. The molecule has 0 fully saturated rings. The quantitative estimate of drug-likeness (QED) is 0.693. The number of hydrogen-bond acceptors (Lipinski definition) is 6. The number of aryl methyl sites for hydroxylation is 2. The monoisotopic (exact) mass is 395 g/mol. The van der Waals surface area contributed by atoms with Crippen LogP contribution in [-0.4, -0.2) is 44.9 Å². The van der Waals surface area contributed by atoms with Crippen molar-refractivity contribution in [3.8, 4) is 0 Å². The molecule has 7 nitrogen and oxygen atoms in total. The van der Waals surface area contributed by atoms with Crippen molar-refractivity contribution in [2.45, 2.75) is 20.3 Å². The summed E-state index contributed by atoms with van der Waals surface area (Å²) in [4.78, 5) is 31.6. The maximum Gasteiger partial charge on any atom is 0.269 e. The van der Waals surface area contributed by atoms with Gasteiger partial charge >= 0.3 is 0 Å². The highest BCUT2D eigenvalue weighted by Crippen LogP contribution is 2.20. The van der Waals surface area contributed by atoms with Gasteiger partial charge in [-0.1, -0.05) is 16.6 Å². The lowest BCUT2D eigenvalue weighted by Gasteiger charge is -2.18. The summed E-state index contributed by atoms with van der Waals surface area (Å²) in [5, 5.41) is 6.71. The molecular formula is C20H21N5O2S. The Bertz CT molecular complexity index is 987. The summed E-state index contributed by atoms with van der Waals surface area (Å²) >= 11 is 1.05. The third-order valence-electron chi connectivity index (χ3n) is 4.37. The van der Waals surface area contributed by atoms with Crippen LogP contribution >= 0.6 is 11.5 Å². The Morgan fingerprint density at radius 2 is 2.00 bits per heavy atom. The summed E-state index contributed by atoms with van der Waals surface area (Å²) in [6.07, 6.45) is 2.42. The fraction of sp³-hybridized carbons (Fsp3) is 0.250. The Kier molecular flexibility index (Phi) is 6.10. The molecule has 2 heterocycles. The number of anilines is 1. The number of carbonyl (C=O) groups excluding carboxylic acids is 2. The van der Waals surface area contributed by atoms with Gasteiger partial charge in [0.1, 0.15) is 4.88 Å². The van der Waals surface area contributed by atoms with Crippen LogP contribution in [0.1, 0.15) is 37.0 Å². The largest absolute Gasteiger partial charge is 0.341 e. The van der Waals surface area contributed by atoms with Crippen LogP contribution in [0.5, 0.6) is 0 Å². The lowest BCUT2D eigenvalue weighted by atomic mass is 10.1. The Morgan fingerprint density at radius 3 is 2.68 bits per heavy atom. The van der Waals surface area contributed by atoms with Gasteiger partial charge in [0.05, 0.1) is 5.69 Å². The van der Waals surface area contributed by atoms with Crippen LogP contribution in [0.25, 0.3) is 0 Å². The number of hydrogen-bond donors (Lipinski definition) is 1. The smallest absolute Gasteiger partial charge is 0.269 e. The number of pyridine rings is 1. The van der Waals surface area contributed by atoms with Gasteiger partial charge in [0.25, 0.3) is 11.8 Å². The summed E-state index contributed by atoms with van der Waals surface area (Å²) in [5.41, 5.74) is 3.51. The fourth-order valence-corrected chi connectivity index (χ4v) is 3.21. The van der Waals surface area contributed by atoms with Crippen molar-refractivity contribution in [3.63, 3.8) is 0 Å². The van der Waals surface area contributed by atoms with E-state index in [1.165, 1.54) is 0 Å². The lowest BCUT2D eigenvalue weighted by Crippen LogP contribution is -2.29. The number of carbonyl (C=O) groups is 2.